The summed E-state index contributed by atoms with van der Waals surface area (Å²) in [6, 6.07) is 1.93. The smallest absolute Gasteiger partial charge is 0.135 e. The standard InChI is InChI=1S/C12H18BrN3O/c1-2-5-16(6-7-17)11-8-10(13)14-12(15-11)9-3-4-9/h8-9,17H,2-7H2,1H3. The third kappa shape index (κ3) is 3.39. The van der Waals surface area contributed by atoms with Crippen LogP contribution >= 0.6 is 15.9 Å². The van der Waals surface area contributed by atoms with Crippen molar-refractivity contribution in [3.63, 3.8) is 0 Å². The van der Waals surface area contributed by atoms with E-state index in [0.717, 1.165) is 29.2 Å². The Labute approximate surface area is 110 Å². The van der Waals surface area contributed by atoms with Gasteiger partial charge in [0.25, 0.3) is 0 Å². The van der Waals surface area contributed by atoms with Crippen LogP contribution in [0.5, 0.6) is 0 Å². The van der Waals surface area contributed by atoms with Crippen LogP contribution in [0.2, 0.25) is 0 Å². The molecule has 17 heavy (non-hydrogen) atoms. The maximum absolute atomic E-state index is 9.09. The zero-order valence-corrected chi connectivity index (χ0v) is 11.7. The van der Waals surface area contributed by atoms with E-state index in [1.54, 1.807) is 0 Å². The Morgan fingerprint density at radius 3 is 2.76 bits per heavy atom. The Kier molecular flexibility index (Phi) is 4.34. The molecule has 0 unspecified atom stereocenters. The van der Waals surface area contributed by atoms with Crippen LogP contribution in [0.25, 0.3) is 0 Å². The number of aromatic nitrogens is 2. The summed E-state index contributed by atoms with van der Waals surface area (Å²) in [5.41, 5.74) is 0. The zero-order chi connectivity index (χ0) is 12.3. The zero-order valence-electron chi connectivity index (χ0n) is 10.1. The molecule has 1 fully saturated rings. The van der Waals surface area contributed by atoms with Crippen LogP contribution in [0.4, 0.5) is 5.82 Å². The molecule has 1 saturated carbocycles. The predicted octanol–water partition coefficient (Wildman–Crippen LogP) is 2.33. The van der Waals surface area contributed by atoms with E-state index in [1.807, 2.05) is 6.07 Å². The second-order valence-electron chi connectivity index (χ2n) is 4.39. The topological polar surface area (TPSA) is 49.2 Å². The fraction of sp³-hybridized carbons (Fsp3) is 0.667. The molecule has 0 aliphatic heterocycles. The number of hydrogen-bond acceptors (Lipinski definition) is 4. The Hall–Kier alpha value is -0.680. The third-order valence-electron chi connectivity index (χ3n) is 2.83. The number of rotatable bonds is 6. The maximum Gasteiger partial charge on any atom is 0.135 e. The van der Waals surface area contributed by atoms with Crippen molar-refractivity contribution >= 4 is 21.7 Å². The average Bonchev–Trinajstić information content (AvgIpc) is 3.12. The molecule has 2 rings (SSSR count). The lowest BCUT2D eigenvalue weighted by Crippen LogP contribution is -2.28. The van der Waals surface area contributed by atoms with Gasteiger partial charge in [0, 0.05) is 25.1 Å². The lowest BCUT2D eigenvalue weighted by atomic mass is 10.3. The number of nitrogens with zero attached hydrogens (tertiary/aromatic N) is 3. The molecule has 1 heterocycles. The van der Waals surface area contributed by atoms with Crippen LogP contribution in [0, 0.1) is 0 Å². The van der Waals surface area contributed by atoms with Crippen molar-refractivity contribution < 1.29 is 5.11 Å². The maximum atomic E-state index is 9.09. The second-order valence-corrected chi connectivity index (χ2v) is 5.20. The van der Waals surface area contributed by atoms with Crippen LogP contribution in [0.3, 0.4) is 0 Å². The molecule has 0 atom stereocenters. The Morgan fingerprint density at radius 2 is 2.18 bits per heavy atom. The number of halogens is 1. The van der Waals surface area contributed by atoms with Gasteiger partial charge in [0.2, 0.25) is 0 Å². The third-order valence-corrected chi connectivity index (χ3v) is 3.23. The molecule has 1 aromatic heterocycles. The van der Waals surface area contributed by atoms with Crippen molar-refractivity contribution in [3.05, 3.63) is 16.5 Å². The molecule has 0 spiro atoms. The fourth-order valence-corrected chi connectivity index (χ4v) is 2.23. The molecule has 0 saturated heterocycles. The molecule has 4 nitrogen and oxygen atoms in total. The van der Waals surface area contributed by atoms with Crippen LogP contribution in [0.15, 0.2) is 10.7 Å². The lowest BCUT2D eigenvalue weighted by molar-refractivity contribution is 0.301. The molecule has 0 bridgehead atoms. The Morgan fingerprint density at radius 1 is 1.41 bits per heavy atom. The van der Waals surface area contributed by atoms with Gasteiger partial charge in [0.05, 0.1) is 6.61 Å². The summed E-state index contributed by atoms with van der Waals surface area (Å²) >= 11 is 3.44. The first kappa shape index (κ1) is 12.8. The van der Waals surface area contributed by atoms with Gasteiger partial charge in [-0.2, -0.15) is 0 Å². The molecule has 0 aromatic carbocycles. The van der Waals surface area contributed by atoms with E-state index < -0.39 is 0 Å². The second kappa shape index (κ2) is 5.78. The van der Waals surface area contributed by atoms with Gasteiger partial charge < -0.3 is 10.0 Å². The molecular weight excluding hydrogens is 282 g/mol. The number of anilines is 1. The summed E-state index contributed by atoms with van der Waals surface area (Å²) in [6.45, 7) is 3.82. The molecule has 1 aromatic rings. The Balaban J connectivity index is 2.21. The number of aliphatic hydroxyl groups excluding tert-OH is 1. The first-order valence-electron chi connectivity index (χ1n) is 6.15. The Bertz CT molecular complexity index is 376. The molecule has 1 aliphatic rings. The van der Waals surface area contributed by atoms with Crippen LogP contribution < -0.4 is 4.90 Å². The minimum atomic E-state index is 0.153. The lowest BCUT2D eigenvalue weighted by Gasteiger charge is -2.22. The highest BCUT2D eigenvalue weighted by molar-refractivity contribution is 9.10. The molecular formula is C12H18BrN3O. The first-order chi connectivity index (χ1) is 8.24. The highest BCUT2D eigenvalue weighted by atomic mass is 79.9. The van der Waals surface area contributed by atoms with Gasteiger partial charge in [0.1, 0.15) is 16.2 Å². The van der Waals surface area contributed by atoms with E-state index in [9.17, 15) is 0 Å². The van der Waals surface area contributed by atoms with E-state index in [0.29, 0.717) is 12.5 Å². The summed E-state index contributed by atoms with van der Waals surface area (Å²) in [4.78, 5) is 11.1. The monoisotopic (exact) mass is 299 g/mol. The SMILES string of the molecule is CCCN(CCO)c1cc(Br)nc(C2CC2)n1. The van der Waals surface area contributed by atoms with Gasteiger partial charge in [0.15, 0.2) is 0 Å². The van der Waals surface area contributed by atoms with Crippen molar-refractivity contribution in [3.8, 4) is 0 Å². The van der Waals surface area contributed by atoms with E-state index in [1.165, 1.54) is 12.8 Å². The summed E-state index contributed by atoms with van der Waals surface area (Å²) < 4.78 is 0.837. The number of aliphatic hydroxyl groups is 1. The van der Waals surface area contributed by atoms with E-state index >= 15 is 0 Å². The van der Waals surface area contributed by atoms with Crippen molar-refractivity contribution in [2.45, 2.75) is 32.1 Å². The molecule has 0 amide bonds. The van der Waals surface area contributed by atoms with Gasteiger partial charge >= 0.3 is 0 Å². The highest BCUT2D eigenvalue weighted by Crippen LogP contribution is 2.39. The minimum Gasteiger partial charge on any atom is -0.395 e. The van der Waals surface area contributed by atoms with Gasteiger partial charge in [-0.15, -0.1) is 0 Å². The van der Waals surface area contributed by atoms with E-state index in [-0.39, 0.29) is 6.61 Å². The minimum absolute atomic E-state index is 0.153. The summed E-state index contributed by atoms with van der Waals surface area (Å²) in [5.74, 6) is 2.40. The fourth-order valence-electron chi connectivity index (χ4n) is 1.84. The van der Waals surface area contributed by atoms with Crippen molar-refractivity contribution in [2.24, 2.45) is 0 Å². The van der Waals surface area contributed by atoms with Crippen molar-refractivity contribution in [1.82, 2.24) is 9.97 Å². The van der Waals surface area contributed by atoms with Gasteiger partial charge in [-0.25, -0.2) is 9.97 Å². The van der Waals surface area contributed by atoms with Gasteiger partial charge in [-0.05, 0) is 35.2 Å². The van der Waals surface area contributed by atoms with E-state index in [4.69, 9.17) is 5.11 Å². The van der Waals surface area contributed by atoms with Gasteiger partial charge in [-0.3, -0.25) is 0 Å². The van der Waals surface area contributed by atoms with Crippen LogP contribution in [0.1, 0.15) is 37.9 Å². The molecule has 94 valence electrons. The largest absolute Gasteiger partial charge is 0.395 e. The molecule has 0 radical (unpaired) electrons. The molecule has 5 heteroatoms. The number of hydrogen-bond donors (Lipinski definition) is 1. The van der Waals surface area contributed by atoms with Crippen molar-refractivity contribution in [2.75, 3.05) is 24.6 Å². The summed E-state index contributed by atoms with van der Waals surface area (Å²) in [7, 11) is 0. The van der Waals surface area contributed by atoms with Crippen molar-refractivity contribution in [1.29, 1.82) is 0 Å². The molecule has 1 aliphatic carbocycles. The average molecular weight is 300 g/mol. The summed E-state index contributed by atoms with van der Waals surface area (Å²) in [5, 5.41) is 9.09. The quantitative estimate of drug-likeness (QED) is 0.819. The van der Waals surface area contributed by atoms with Crippen LogP contribution in [-0.4, -0.2) is 34.8 Å². The summed E-state index contributed by atoms with van der Waals surface area (Å²) in [6.07, 6.45) is 3.44. The van der Waals surface area contributed by atoms with Gasteiger partial charge in [-0.1, -0.05) is 6.92 Å². The molecule has 1 N–H and O–H groups in total. The first-order valence-corrected chi connectivity index (χ1v) is 6.94. The van der Waals surface area contributed by atoms with Crippen LogP contribution in [-0.2, 0) is 0 Å². The normalized spacial score (nSPS) is 15.0. The van der Waals surface area contributed by atoms with E-state index in [2.05, 4.69) is 37.7 Å². The highest BCUT2D eigenvalue weighted by Gasteiger charge is 2.27. The predicted molar refractivity (Wildman–Crippen MR) is 71.3 cm³/mol.